The number of hydrogen-bond donors (Lipinski definition) is 3. The van der Waals surface area contributed by atoms with Crippen LogP contribution in [0, 0.1) is 0 Å². The Morgan fingerprint density at radius 1 is 1.18 bits per heavy atom. The Morgan fingerprint density at radius 3 is 2.64 bits per heavy atom. The second-order valence-electron chi connectivity index (χ2n) is 4.32. The molecule has 22 heavy (non-hydrogen) atoms. The smallest absolute Gasteiger partial charge is 0.340 e. The monoisotopic (exact) mass is 321 g/mol. The Labute approximate surface area is 133 Å². The van der Waals surface area contributed by atoms with Crippen molar-refractivity contribution in [3.8, 4) is 5.75 Å². The number of benzene rings is 2. The lowest BCUT2D eigenvalue weighted by Crippen LogP contribution is -2.30. The van der Waals surface area contributed by atoms with Crippen LogP contribution in [-0.4, -0.2) is 13.1 Å². The van der Waals surface area contributed by atoms with Crippen molar-refractivity contribution < 1.29 is 14.3 Å². The lowest BCUT2D eigenvalue weighted by molar-refractivity contribution is 0.0601. The summed E-state index contributed by atoms with van der Waals surface area (Å²) in [6.07, 6.45) is 0. The summed E-state index contributed by atoms with van der Waals surface area (Å²) in [5.74, 6) is 0.0812. The molecule has 0 heterocycles. The molecule has 0 fully saturated rings. The van der Waals surface area contributed by atoms with Crippen molar-refractivity contribution in [1.29, 1.82) is 0 Å². The second-order valence-corrected chi connectivity index (χ2v) is 4.51. The van der Waals surface area contributed by atoms with Crippen LogP contribution in [0.5, 0.6) is 5.75 Å². The lowest BCUT2D eigenvalue weighted by Gasteiger charge is -2.13. The van der Waals surface area contributed by atoms with Crippen LogP contribution in [0.15, 0.2) is 48.5 Å². The zero-order valence-corrected chi connectivity index (χ0v) is 12.7. The van der Waals surface area contributed by atoms with Gasteiger partial charge in [-0.25, -0.2) is 4.79 Å². The van der Waals surface area contributed by atoms with Crippen molar-refractivity contribution in [3.05, 3.63) is 59.7 Å². The molecule has 7 heteroatoms. The highest BCUT2D eigenvalue weighted by Crippen LogP contribution is 2.23. The Morgan fingerprint density at radius 2 is 1.95 bits per heavy atom. The number of carbonyl (C=O) groups is 1. The standard InChI is InChI=1S/C15H16ClN3O3/c1-21-15(20)13-9-12(7-8-14(13)17-19-18-16)22-10-11-5-3-2-4-6-11/h2-9,17-19H,10H2,1H3. The SMILES string of the molecule is COC(=O)c1cc(OCc2ccccc2)ccc1NNNCl. The maximum atomic E-state index is 11.8. The van der Waals surface area contributed by atoms with Crippen LogP contribution in [0.3, 0.4) is 0 Å². The number of hydrogen-bond acceptors (Lipinski definition) is 6. The molecule has 0 aliphatic heterocycles. The van der Waals surface area contributed by atoms with Crippen LogP contribution in [0.4, 0.5) is 5.69 Å². The fraction of sp³-hybridized carbons (Fsp3) is 0.133. The Kier molecular flexibility index (Phi) is 6.02. The molecule has 0 spiro atoms. The van der Waals surface area contributed by atoms with Crippen molar-refractivity contribution in [1.82, 2.24) is 10.5 Å². The number of ether oxygens (including phenoxy) is 2. The lowest BCUT2D eigenvalue weighted by atomic mass is 10.1. The van der Waals surface area contributed by atoms with Crippen LogP contribution >= 0.6 is 11.8 Å². The molecular formula is C15H16ClN3O3. The molecule has 0 radical (unpaired) electrons. The van der Waals surface area contributed by atoms with Gasteiger partial charge in [-0.1, -0.05) is 30.3 Å². The number of nitrogens with one attached hydrogen (secondary N) is 3. The molecule has 3 N–H and O–H groups in total. The summed E-state index contributed by atoms with van der Waals surface area (Å²) < 4.78 is 10.4. The number of esters is 1. The van der Waals surface area contributed by atoms with Crippen molar-refractivity contribution in [2.24, 2.45) is 0 Å². The zero-order chi connectivity index (χ0) is 15.8. The summed E-state index contributed by atoms with van der Waals surface area (Å²) in [6.45, 7) is 0.412. The van der Waals surface area contributed by atoms with E-state index in [1.165, 1.54) is 7.11 Å². The van der Waals surface area contributed by atoms with Gasteiger partial charge in [0.1, 0.15) is 12.4 Å². The van der Waals surface area contributed by atoms with Gasteiger partial charge in [0.25, 0.3) is 0 Å². The highest BCUT2D eigenvalue weighted by Gasteiger charge is 2.13. The van der Waals surface area contributed by atoms with Crippen LogP contribution in [0.25, 0.3) is 0 Å². The number of carbonyl (C=O) groups excluding carboxylic acids is 1. The molecule has 0 aliphatic carbocycles. The first kappa shape index (κ1) is 16.1. The fourth-order valence-electron chi connectivity index (χ4n) is 1.83. The van der Waals surface area contributed by atoms with Crippen molar-refractivity contribution >= 4 is 23.4 Å². The maximum absolute atomic E-state index is 11.8. The van der Waals surface area contributed by atoms with Crippen molar-refractivity contribution in [2.75, 3.05) is 12.5 Å². The molecule has 0 bridgehead atoms. The Bertz CT molecular complexity index is 623. The van der Waals surface area contributed by atoms with Gasteiger partial charge in [0.15, 0.2) is 0 Å². The van der Waals surface area contributed by atoms with E-state index in [9.17, 15) is 4.79 Å². The predicted molar refractivity (Wildman–Crippen MR) is 84.3 cm³/mol. The van der Waals surface area contributed by atoms with Gasteiger partial charge in [0.05, 0.1) is 18.4 Å². The summed E-state index contributed by atoms with van der Waals surface area (Å²) in [5.41, 5.74) is 7.08. The molecule has 2 aromatic carbocycles. The molecule has 6 nitrogen and oxygen atoms in total. The predicted octanol–water partition coefficient (Wildman–Crippen LogP) is 2.63. The summed E-state index contributed by atoms with van der Waals surface area (Å²) >= 11 is 5.30. The van der Waals surface area contributed by atoms with Gasteiger partial charge in [0, 0.05) is 0 Å². The molecular weight excluding hydrogens is 306 g/mol. The van der Waals surface area contributed by atoms with E-state index in [1.54, 1.807) is 18.2 Å². The number of rotatable bonds is 7. The molecule has 0 saturated carbocycles. The molecule has 0 unspecified atom stereocenters. The fourth-order valence-corrected chi connectivity index (χ4v) is 1.88. The minimum absolute atomic E-state index is 0.326. The quantitative estimate of drug-likeness (QED) is 0.414. The summed E-state index contributed by atoms with van der Waals surface area (Å²) in [4.78, 5) is 14.0. The van der Waals surface area contributed by atoms with E-state index >= 15 is 0 Å². The van der Waals surface area contributed by atoms with E-state index in [4.69, 9.17) is 21.3 Å². The van der Waals surface area contributed by atoms with Gasteiger partial charge >= 0.3 is 5.97 Å². The average molecular weight is 322 g/mol. The van der Waals surface area contributed by atoms with E-state index in [-0.39, 0.29) is 0 Å². The molecule has 2 rings (SSSR count). The zero-order valence-electron chi connectivity index (χ0n) is 11.9. The van der Waals surface area contributed by atoms with E-state index in [0.717, 1.165) is 5.56 Å². The number of methoxy groups -OCH3 is 1. The third-order valence-electron chi connectivity index (χ3n) is 2.89. The van der Waals surface area contributed by atoms with Crippen molar-refractivity contribution in [2.45, 2.75) is 6.61 Å². The van der Waals surface area contributed by atoms with E-state index < -0.39 is 5.97 Å². The number of anilines is 1. The van der Waals surface area contributed by atoms with Gasteiger partial charge in [-0.15, -0.1) is 0 Å². The van der Waals surface area contributed by atoms with Gasteiger partial charge in [-0.3, -0.25) is 0 Å². The Hall–Kier alpha value is -2.28. The highest BCUT2D eigenvalue weighted by atomic mass is 35.5. The third kappa shape index (κ3) is 4.36. The normalized spacial score (nSPS) is 10.1. The van der Waals surface area contributed by atoms with Gasteiger partial charge in [-0.2, -0.15) is 10.5 Å². The largest absolute Gasteiger partial charge is 0.489 e. The third-order valence-corrected chi connectivity index (χ3v) is 2.98. The molecule has 0 atom stereocenters. The summed E-state index contributed by atoms with van der Waals surface area (Å²) in [7, 11) is 1.32. The first-order valence-electron chi connectivity index (χ1n) is 6.50. The van der Waals surface area contributed by atoms with Crippen LogP contribution in [0.2, 0.25) is 0 Å². The maximum Gasteiger partial charge on any atom is 0.340 e. The Balaban J connectivity index is 2.13. The van der Waals surface area contributed by atoms with Crippen LogP contribution in [0.1, 0.15) is 15.9 Å². The first-order valence-corrected chi connectivity index (χ1v) is 6.88. The topological polar surface area (TPSA) is 71.6 Å². The van der Waals surface area contributed by atoms with Gasteiger partial charge in [-0.05, 0) is 35.5 Å². The molecule has 2 aromatic rings. The summed E-state index contributed by atoms with van der Waals surface area (Å²) in [6, 6.07) is 14.8. The second kappa shape index (κ2) is 8.23. The molecule has 0 amide bonds. The van der Waals surface area contributed by atoms with E-state index in [2.05, 4.69) is 15.9 Å². The minimum atomic E-state index is -0.482. The van der Waals surface area contributed by atoms with Crippen LogP contribution < -0.4 is 20.6 Å². The average Bonchev–Trinajstić information content (AvgIpc) is 2.58. The molecule has 0 aromatic heterocycles. The van der Waals surface area contributed by atoms with Crippen molar-refractivity contribution in [3.63, 3.8) is 0 Å². The number of halogens is 1. The van der Waals surface area contributed by atoms with Gasteiger partial charge < -0.3 is 14.9 Å². The molecule has 116 valence electrons. The molecule has 0 saturated heterocycles. The number of hydrazine groups is 2. The highest BCUT2D eigenvalue weighted by molar-refractivity contribution is 6.13. The molecule has 0 aliphatic rings. The van der Waals surface area contributed by atoms with Gasteiger partial charge in [0.2, 0.25) is 0 Å². The minimum Gasteiger partial charge on any atom is -0.489 e. The van der Waals surface area contributed by atoms with E-state index in [1.807, 2.05) is 30.3 Å². The van der Waals surface area contributed by atoms with E-state index in [0.29, 0.717) is 23.6 Å². The van der Waals surface area contributed by atoms with Crippen LogP contribution in [-0.2, 0) is 11.3 Å². The first-order chi connectivity index (χ1) is 10.7. The summed E-state index contributed by atoms with van der Waals surface area (Å²) in [5, 5.41) is 0.